The molecule has 2 saturated heterocycles. The lowest BCUT2D eigenvalue weighted by atomic mass is 9.88. The highest BCUT2D eigenvalue weighted by Gasteiger charge is 2.33. The molecule has 2 aliphatic heterocycles. The van der Waals surface area contributed by atoms with E-state index in [1.807, 2.05) is 64.2 Å². The van der Waals surface area contributed by atoms with E-state index >= 15 is 0 Å². The third kappa shape index (κ3) is 7.07. The lowest BCUT2D eigenvalue weighted by Crippen LogP contribution is -2.51. The Morgan fingerprint density at radius 2 is 1.86 bits per heavy atom. The van der Waals surface area contributed by atoms with E-state index in [9.17, 15) is 9.90 Å². The Balaban J connectivity index is 1.34. The van der Waals surface area contributed by atoms with Crippen molar-refractivity contribution in [3.63, 3.8) is 0 Å². The largest absolute Gasteiger partial charge is 0.479 e. The predicted molar refractivity (Wildman–Crippen MR) is 201 cm³/mol. The molecular weight excluding hydrogens is 670 g/mol. The number of thiazole rings is 1. The highest BCUT2D eigenvalue weighted by atomic mass is 35.5. The van der Waals surface area contributed by atoms with Crippen LogP contribution in [0, 0.1) is 6.92 Å². The van der Waals surface area contributed by atoms with Gasteiger partial charge < -0.3 is 24.0 Å². The molecule has 0 spiro atoms. The molecule has 3 aromatic heterocycles. The molecular formula is C39H46ClN5O4S. The fourth-order valence-electron chi connectivity index (χ4n) is 7.29. The van der Waals surface area contributed by atoms with Crippen LogP contribution in [0.15, 0.2) is 48.8 Å². The standard InChI is InChI=1S/C39H46ClN5O4S/c1-23-17-31-35(33(25-7-9-27(40)10-8-25)32(23)34(38(46)47)49-39(2,3)4)50-37(42-31)26-18-29-30(20-45(16-15-43(5)6)36(29)41-19-26)24-11-13-44(14-12-24)28-21-48-22-28/h7-10,17-20,24,28,34H,11-16,21-22H2,1-6H3,(H,46,47)/t34-/m0/s1. The molecule has 7 rings (SSSR count). The number of hydrogen-bond acceptors (Lipinski definition) is 8. The van der Waals surface area contributed by atoms with Crippen LogP contribution in [0.2, 0.25) is 5.02 Å². The Kier molecular flexibility index (Phi) is 9.79. The number of halogens is 1. The van der Waals surface area contributed by atoms with Crippen molar-refractivity contribution in [1.82, 2.24) is 24.3 Å². The third-order valence-corrected chi connectivity index (χ3v) is 11.3. The fourth-order valence-corrected chi connectivity index (χ4v) is 8.52. The maximum absolute atomic E-state index is 12.8. The number of hydrogen-bond donors (Lipinski definition) is 1. The molecule has 1 N–H and O–H groups in total. The highest BCUT2D eigenvalue weighted by molar-refractivity contribution is 7.22. The average Bonchev–Trinajstić information content (AvgIpc) is 3.63. The zero-order chi connectivity index (χ0) is 35.3. The van der Waals surface area contributed by atoms with Crippen molar-refractivity contribution in [3.8, 4) is 21.7 Å². The van der Waals surface area contributed by atoms with Crippen molar-refractivity contribution in [2.24, 2.45) is 0 Å². The molecule has 5 aromatic rings. The molecule has 11 heteroatoms. The molecule has 0 saturated carbocycles. The van der Waals surface area contributed by atoms with Gasteiger partial charge in [0.05, 0.1) is 35.1 Å². The molecule has 2 aliphatic rings. The van der Waals surface area contributed by atoms with E-state index in [1.165, 1.54) is 10.9 Å². The molecule has 1 atom stereocenters. The van der Waals surface area contributed by atoms with Crippen molar-refractivity contribution >= 4 is 50.2 Å². The van der Waals surface area contributed by atoms with Crippen LogP contribution in [-0.4, -0.2) is 94.0 Å². The number of aryl methyl sites for hydroxylation is 1. The molecule has 264 valence electrons. The van der Waals surface area contributed by atoms with Gasteiger partial charge in [0.2, 0.25) is 0 Å². The SMILES string of the molecule is Cc1cc2nc(-c3cnc4c(c3)c(C3CCN(C5COC5)CC3)cn4CCN(C)C)sc2c(-c2ccc(Cl)cc2)c1[C@H](OC(C)(C)C)C(=O)O. The summed E-state index contributed by atoms with van der Waals surface area (Å²) < 4.78 is 14.9. The lowest BCUT2D eigenvalue weighted by Gasteiger charge is -2.41. The monoisotopic (exact) mass is 715 g/mol. The van der Waals surface area contributed by atoms with Crippen LogP contribution in [-0.2, 0) is 20.8 Å². The minimum Gasteiger partial charge on any atom is -0.479 e. The number of rotatable bonds is 10. The van der Waals surface area contributed by atoms with Crippen molar-refractivity contribution in [1.29, 1.82) is 0 Å². The number of aromatic nitrogens is 3. The molecule has 0 amide bonds. The van der Waals surface area contributed by atoms with Crippen LogP contribution in [0.3, 0.4) is 0 Å². The second kappa shape index (κ2) is 14.0. The quantitative estimate of drug-likeness (QED) is 0.155. The summed E-state index contributed by atoms with van der Waals surface area (Å²) in [6, 6.07) is 12.4. The Bertz CT molecular complexity index is 2020. The maximum Gasteiger partial charge on any atom is 0.337 e. The minimum atomic E-state index is -1.17. The van der Waals surface area contributed by atoms with Crippen LogP contribution in [0.5, 0.6) is 0 Å². The molecule has 0 radical (unpaired) electrons. The van der Waals surface area contributed by atoms with Gasteiger partial charge in [0.25, 0.3) is 0 Å². The predicted octanol–water partition coefficient (Wildman–Crippen LogP) is 8.02. The molecule has 2 fully saturated rings. The zero-order valence-electron chi connectivity index (χ0n) is 29.7. The number of nitrogens with zero attached hydrogens (tertiary/aromatic N) is 5. The Hall–Kier alpha value is -3.38. The second-order valence-corrected chi connectivity index (χ2v) is 16.4. The van der Waals surface area contributed by atoms with Crippen molar-refractivity contribution < 1.29 is 19.4 Å². The number of carboxylic acids is 1. The van der Waals surface area contributed by atoms with E-state index in [4.69, 9.17) is 31.0 Å². The van der Waals surface area contributed by atoms with Gasteiger partial charge in [-0.1, -0.05) is 23.7 Å². The van der Waals surface area contributed by atoms with Gasteiger partial charge in [-0.2, -0.15) is 0 Å². The van der Waals surface area contributed by atoms with Gasteiger partial charge in [-0.05, 0) is 115 Å². The van der Waals surface area contributed by atoms with Gasteiger partial charge in [0.1, 0.15) is 10.7 Å². The van der Waals surface area contributed by atoms with Gasteiger partial charge in [0.15, 0.2) is 6.10 Å². The maximum atomic E-state index is 12.8. The summed E-state index contributed by atoms with van der Waals surface area (Å²) in [5, 5.41) is 13.1. The Labute approximate surface area is 302 Å². The van der Waals surface area contributed by atoms with Crippen molar-refractivity contribution in [2.45, 2.75) is 70.7 Å². The minimum absolute atomic E-state index is 0.459. The number of benzene rings is 2. The van der Waals surface area contributed by atoms with Gasteiger partial charge in [-0.3, -0.25) is 4.90 Å². The summed E-state index contributed by atoms with van der Waals surface area (Å²) >= 11 is 7.87. The molecule has 0 aliphatic carbocycles. The third-order valence-electron chi connectivity index (χ3n) is 9.90. The number of likely N-dealkylation sites (N-methyl/N-ethyl adjacent to an activating group) is 1. The second-order valence-electron chi connectivity index (χ2n) is 15.0. The first-order valence-corrected chi connectivity index (χ1v) is 18.6. The smallest absolute Gasteiger partial charge is 0.337 e. The number of pyridine rings is 1. The van der Waals surface area contributed by atoms with Gasteiger partial charge in [-0.15, -0.1) is 11.3 Å². The van der Waals surface area contributed by atoms with E-state index in [-0.39, 0.29) is 0 Å². The zero-order valence-corrected chi connectivity index (χ0v) is 31.3. The molecule has 2 aromatic carbocycles. The van der Waals surface area contributed by atoms with Crippen molar-refractivity contribution in [2.75, 3.05) is 46.9 Å². The van der Waals surface area contributed by atoms with Gasteiger partial charge in [-0.25, -0.2) is 14.8 Å². The van der Waals surface area contributed by atoms with Crippen LogP contribution in [0.25, 0.3) is 42.9 Å². The van der Waals surface area contributed by atoms with Crippen LogP contribution in [0.4, 0.5) is 0 Å². The number of fused-ring (bicyclic) bond motifs is 2. The van der Waals surface area contributed by atoms with Gasteiger partial charge in [0, 0.05) is 52.6 Å². The first-order chi connectivity index (χ1) is 23.9. The summed E-state index contributed by atoms with van der Waals surface area (Å²) in [7, 11) is 4.20. The van der Waals surface area contributed by atoms with Crippen molar-refractivity contribution in [3.05, 3.63) is 70.5 Å². The Morgan fingerprint density at radius 1 is 1.14 bits per heavy atom. The number of carboxylic acid groups (broad SMARTS) is 1. The summed E-state index contributed by atoms with van der Waals surface area (Å²) in [4.78, 5) is 27.8. The van der Waals surface area contributed by atoms with E-state index in [0.717, 1.165) is 95.4 Å². The number of piperidine rings is 1. The highest BCUT2D eigenvalue weighted by Crippen LogP contribution is 2.45. The number of likely N-dealkylation sites (tertiary alicyclic amines) is 1. The van der Waals surface area contributed by atoms with Crippen LogP contribution >= 0.6 is 22.9 Å². The summed E-state index contributed by atoms with van der Waals surface area (Å²) in [6.45, 7) is 13.2. The van der Waals surface area contributed by atoms with E-state index in [1.54, 1.807) is 11.3 Å². The summed E-state index contributed by atoms with van der Waals surface area (Å²) in [6.07, 6.45) is 5.34. The normalized spacial score (nSPS) is 17.2. The molecule has 5 heterocycles. The number of aliphatic carboxylic acids is 1. The van der Waals surface area contributed by atoms with E-state index in [0.29, 0.717) is 22.5 Å². The first-order valence-electron chi connectivity index (χ1n) is 17.4. The number of ether oxygens (including phenoxy) is 2. The van der Waals surface area contributed by atoms with Gasteiger partial charge >= 0.3 is 5.97 Å². The van der Waals surface area contributed by atoms with Crippen LogP contribution in [0.1, 0.15) is 62.3 Å². The van der Waals surface area contributed by atoms with E-state index < -0.39 is 17.7 Å². The van der Waals surface area contributed by atoms with E-state index in [2.05, 4.69) is 40.7 Å². The summed E-state index contributed by atoms with van der Waals surface area (Å²) in [5.41, 5.74) is 6.58. The topological polar surface area (TPSA) is 93.0 Å². The lowest BCUT2D eigenvalue weighted by molar-refractivity contribution is -0.160. The molecule has 9 nitrogen and oxygen atoms in total. The average molecular weight is 716 g/mol. The fraction of sp³-hybridized carbons (Fsp3) is 0.462. The number of carbonyl (C=O) groups is 1. The molecule has 0 bridgehead atoms. The van der Waals surface area contributed by atoms with Crippen LogP contribution < -0.4 is 0 Å². The molecule has 0 unspecified atom stereocenters. The molecule has 50 heavy (non-hydrogen) atoms. The summed E-state index contributed by atoms with van der Waals surface area (Å²) in [5.74, 6) is -0.574. The Morgan fingerprint density at radius 3 is 2.48 bits per heavy atom. The first kappa shape index (κ1) is 35.0.